The zero-order chi connectivity index (χ0) is 12.8. The molecule has 0 saturated heterocycles. The highest BCUT2D eigenvalue weighted by molar-refractivity contribution is 6.30. The average molecular weight is 264 g/mol. The molecular formula is C15H18ClNO. The summed E-state index contributed by atoms with van der Waals surface area (Å²) < 4.78 is 5.13. The van der Waals surface area contributed by atoms with Crippen LogP contribution in [-0.2, 0) is 6.42 Å². The number of halogens is 1. The zero-order valence-electron chi connectivity index (χ0n) is 10.5. The maximum absolute atomic E-state index is 5.93. The molecule has 0 fully saturated rings. The monoisotopic (exact) mass is 263 g/mol. The number of furan rings is 1. The lowest BCUT2D eigenvalue weighted by atomic mass is 10.0. The maximum atomic E-state index is 5.93. The Kier molecular flexibility index (Phi) is 4.85. The molecule has 0 spiro atoms. The van der Waals surface area contributed by atoms with E-state index in [1.807, 2.05) is 18.2 Å². The molecule has 1 aromatic heterocycles. The number of benzene rings is 1. The van der Waals surface area contributed by atoms with E-state index in [2.05, 4.69) is 24.4 Å². The first-order valence-electron chi connectivity index (χ1n) is 6.29. The lowest BCUT2D eigenvalue weighted by molar-refractivity contribution is 0.520. The van der Waals surface area contributed by atoms with Crippen LogP contribution in [0.1, 0.15) is 30.5 Å². The van der Waals surface area contributed by atoms with E-state index in [1.165, 1.54) is 11.1 Å². The van der Waals surface area contributed by atoms with Crippen molar-refractivity contribution in [3.8, 4) is 0 Å². The molecule has 2 aromatic rings. The average Bonchev–Trinajstić information content (AvgIpc) is 2.88. The Morgan fingerprint density at radius 3 is 2.61 bits per heavy atom. The van der Waals surface area contributed by atoms with Gasteiger partial charge in [0.15, 0.2) is 0 Å². The van der Waals surface area contributed by atoms with Crippen molar-refractivity contribution in [2.75, 3.05) is 6.54 Å². The van der Waals surface area contributed by atoms with Crippen LogP contribution in [0.2, 0.25) is 5.02 Å². The second-order valence-corrected chi connectivity index (χ2v) is 4.83. The molecule has 2 nitrogen and oxygen atoms in total. The van der Waals surface area contributed by atoms with Crippen molar-refractivity contribution in [1.82, 2.24) is 5.32 Å². The normalized spacial score (nSPS) is 12.6. The number of hydrogen-bond donors (Lipinski definition) is 1. The highest BCUT2D eigenvalue weighted by Crippen LogP contribution is 2.20. The van der Waals surface area contributed by atoms with Gasteiger partial charge in [-0.05, 0) is 48.7 Å². The molecule has 1 aromatic carbocycles. The Hall–Kier alpha value is -1.25. The van der Waals surface area contributed by atoms with Crippen LogP contribution in [0, 0.1) is 0 Å². The Morgan fingerprint density at radius 2 is 2.00 bits per heavy atom. The van der Waals surface area contributed by atoms with Crippen molar-refractivity contribution in [2.24, 2.45) is 0 Å². The third-order valence-corrected chi connectivity index (χ3v) is 3.19. The highest BCUT2D eigenvalue weighted by atomic mass is 35.5. The van der Waals surface area contributed by atoms with E-state index in [0.717, 1.165) is 24.4 Å². The largest absolute Gasteiger partial charge is 0.472 e. The topological polar surface area (TPSA) is 25.2 Å². The predicted octanol–water partition coefficient (Wildman–Crippen LogP) is 4.22. The summed E-state index contributed by atoms with van der Waals surface area (Å²) in [5, 5.41) is 4.33. The molecule has 1 unspecified atom stereocenters. The first-order chi connectivity index (χ1) is 8.79. The lowest BCUT2D eigenvalue weighted by Crippen LogP contribution is -2.23. The summed E-state index contributed by atoms with van der Waals surface area (Å²) in [6.45, 7) is 3.18. The SMILES string of the molecule is CCCNC(Cc1ccoc1)c1ccc(Cl)cc1. The molecule has 3 heteroatoms. The highest BCUT2D eigenvalue weighted by Gasteiger charge is 2.12. The minimum absolute atomic E-state index is 0.305. The summed E-state index contributed by atoms with van der Waals surface area (Å²) in [7, 11) is 0. The van der Waals surface area contributed by atoms with Crippen molar-refractivity contribution in [1.29, 1.82) is 0 Å². The second-order valence-electron chi connectivity index (χ2n) is 4.39. The summed E-state index contributed by atoms with van der Waals surface area (Å²) in [5.41, 5.74) is 2.47. The lowest BCUT2D eigenvalue weighted by Gasteiger charge is -2.18. The summed E-state index contributed by atoms with van der Waals surface area (Å²) >= 11 is 5.93. The van der Waals surface area contributed by atoms with Crippen molar-refractivity contribution in [3.63, 3.8) is 0 Å². The zero-order valence-corrected chi connectivity index (χ0v) is 11.3. The molecule has 0 aliphatic rings. The molecule has 0 amide bonds. The van der Waals surface area contributed by atoms with Crippen molar-refractivity contribution >= 4 is 11.6 Å². The molecule has 0 saturated carbocycles. The molecule has 0 aliphatic carbocycles. The van der Waals surface area contributed by atoms with E-state index in [-0.39, 0.29) is 0 Å². The van der Waals surface area contributed by atoms with Gasteiger partial charge in [0.05, 0.1) is 12.5 Å². The van der Waals surface area contributed by atoms with Gasteiger partial charge in [-0.2, -0.15) is 0 Å². The standard InChI is InChI=1S/C15H18ClNO/c1-2-8-17-15(10-12-7-9-18-11-12)13-3-5-14(16)6-4-13/h3-7,9,11,15,17H,2,8,10H2,1H3. The van der Waals surface area contributed by atoms with Crippen molar-refractivity contribution in [2.45, 2.75) is 25.8 Å². The van der Waals surface area contributed by atoms with Gasteiger partial charge in [-0.25, -0.2) is 0 Å². The summed E-state index contributed by atoms with van der Waals surface area (Å²) in [5.74, 6) is 0. The van der Waals surface area contributed by atoms with Crippen molar-refractivity contribution < 1.29 is 4.42 Å². The van der Waals surface area contributed by atoms with Crippen LogP contribution < -0.4 is 5.32 Å². The number of rotatable bonds is 6. The third kappa shape index (κ3) is 3.62. The van der Waals surface area contributed by atoms with E-state index in [0.29, 0.717) is 6.04 Å². The molecule has 1 N–H and O–H groups in total. The fraction of sp³-hybridized carbons (Fsp3) is 0.333. The number of nitrogens with one attached hydrogen (secondary N) is 1. The van der Waals surface area contributed by atoms with Gasteiger partial charge in [0.1, 0.15) is 0 Å². The minimum Gasteiger partial charge on any atom is -0.472 e. The first kappa shape index (κ1) is 13.2. The summed E-state index contributed by atoms with van der Waals surface area (Å²) in [6, 6.07) is 10.3. The Morgan fingerprint density at radius 1 is 1.22 bits per heavy atom. The second kappa shape index (κ2) is 6.62. The van der Waals surface area contributed by atoms with Gasteiger partial charge in [-0.3, -0.25) is 0 Å². The van der Waals surface area contributed by atoms with Crippen LogP contribution in [0.15, 0.2) is 47.3 Å². The van der Waals surface area contributed by atoms with E-state index in [4.69, 9.17) is 16.0 Å². The Bertz CT molecular complexity index is 450. The van der Waals surface area contributed by atoms with E-state index < -0.39 is 0 Å². The fourth-order valence-electron chi connectivity index (χ4n) is 1.97. The molecule has 0 aliphatic heterocycles. The van der Waals surface area contributed by atoms with Gasteiger partial charge in [0.2, 0.25) is 0 Å². The van der Waals surface area contributed by atoms with E-state index in [1.54, 1.807) is 12.5 Å². The van der Waals surface area contributed by atoms with Crippen LogP contribution >= 0.6 is 11.6 Å². The van der Waals surface area contributed by atoms with Gasteiger partial charge in [0.25, 0.3) is 0 Å². The quantitative estimate of drug-likeness (QED) is 0.844. The molecule has 1 heterocycles. The smallest absolute Gasteiger partial charge is 0.0935 e. The van der Waals surface area contributed by atoms with E-state index >= 15 is 0 Å². The Balaban J connectivity index is 2.11. The Labute approximate surface area is 113 Å². The van der Waals surface area contributed by atoms with Gasteiger partial charge in [-0.1, -0.05) is 30.7 Å². The van der Waals surface area contributed by atoms with Crippen LogP contribution in [0.25, 0.3) is 0 Å². The van der Waals surface area contributed by atoms with E-state index in [9.17, 15) is 0 Å². The van der Waals surface area contributed by atoms with Gasteiger partial charge in [0, 0.05) is 11.1 Å². The molecular weight excluding hydrogens is 246 g/mol. The van der Waals surface area contributed by atoms with Crippen LogP contribution in [0.4, 0.5) is 0 Å². The van der Waals surface area contributed by atoms with Gasteiger partial charge < -0.3 is 9.73 Å². The molecule has 0 bridgehead atoms. The van der Waals surface area contributed by atoms with Gasteiger partial charge in [-0.15, -0.1) is 0 Å². The fourth-order valence-corrected chi connectivity index (χ4v) is 2.09. The summed E-state index contributed by atoms with van der Waals surface area (Å²) in [6.07, 6.45) is 5.57. The molecule has 0 radical (unpaired) electrons. The van der Waals surface area contributed by atoms with Crippen LogP contribution in [0.5, 0.6) is 0 Å². The predicted molar refractivity (Wildman–Crippen MR) is 74.9 cm³/mol. The van der Waals surface area contributed by atoms with Crippen LogP contribution in [0.3, 0.4) is 0 Å². The third-order valence-electron chi connectivity index (χ3n) is 2.93. The maximum Gasteiger partial charge on any atom is 0.0935 e. The number of hydrogen-bond acceptors (Lipinski definition) is 2. The molecule has 1 atom stereocenters. The first-order valence-corrected chi connectivity index (χ1v) is 6.67. The van der Waals surface area contributed by atoms with Crippen LogP contribution in [-0.4, -0.2) is 6.54 Å². The molecule has 2 rings (SSSR count). The molecule has 18 heavy (non-hydrogen) atoms. The van der Waals surface area contributed by atoms with Gasteiger partial charge >= 0.3 is 0 Å². The summed E-state index contributed by atoms with van der Waals surface area (Å²) in [4.78, 5) is 0. The molecule has 96 valence electrons. The minimum atomic E-state index is 0.305. The van der Waals surface area contributed by atoms with Crippen molar-refractivity contribution in [3.05, 3.63) is 59.0 Å².